The highest BCUT2D eigenvalue weighted by molar-refractivity contribution is 7.99. The highest BCUT2D eigenvalue weighted by Crippen LogP contribution is 2.26. The molecule has 114 valence electrons. The molecule has 21 heavy (non-hydrogen) atoms. The molecule has 0 aliphatic carbocycles. The summed E-state index contributed by atoms with van der Waals surface area (Å²) in [7, 11) is 0. The van der Waals surface area contributed by atoms with Gasteiger partial charge in [0.15, 0.2) is 11.0 Å². The van der Waals surface area contributed by atoms with Gasteiger partial charge in [-0.1, -0.05) is 35.5 Å². The van der Waals surface area contributed by atoms with E-state index in [4.69, 9.17) is 11.6 Å². The lowest BCUT2D eigenvalue weighted by molar-refractivity contribution is 0.0777. The average Bonchev–Trinajstić information content (AvgIpc) is 2.80. The first-order valence-corrected chi connectivity index (χ1v) is 8.31. The van der Waals surface area contributed by atoms with Crippen LogP contribution in [0.1, 0.15) is 27.2 Å². The lowest BCUT2D eigenvalue weighted by Crippen LogP contribution is -2.19. The molecule has 0 fully saturated rings. The Morgan fingerprint density at radius 2 is 2.10 bits per heavy atom. The maximum atomic E-state index is 9.77. The molecule has 0 radical (unpaired) electrons. The minimum absolute atomic E-state index is 0.653. The Kier molecular flexibility index (Phi) is 5.30. The van der Waals surface area contributed by atoms with Gasteiger partial charge in [-0.2, -0.15) is 0 Å². The monoisotopic (exact) mass is 325 g/mol. The molecule has 1 N–H and O–H groups in total. The van der Waals surface area contributed by atoms with Crippen molar-refractivity contribution < 1.29 is 5.11 Å². The fourth-order valence-electron chi connectivity index (χ4n) is 1.91. The summed E-state index contributed by atoms with van der Waals surface area (Å²) in [6.45, 7) is 6.49. The second-order valence-electron chi connectivity index (χ2n) is 5.47. The number of hydrogen-bond donors (Lipinski definition) is 1. The zero-order valence-electron chi connectivity index (χ0n) is 12.5. The topological polar surface area (TPSA) is 50.9 Å². The van der Waals surface area contributed by atoms with Crippen molar-refractivity contribution in [2.24, 2.45) is 0 Å². The van der Waals surface area contributed by atoms with E-state index in [1.54, 1.807) is 11.8 Å². The number of nitrogens with zero attached hydrogens (tertiary/aromatic N) is 3. The third-order valence-electron chi connectivity index (χ3n) is 3.06. The fraction of sp³-hybridized carbons (Fsp3) is 0.467. The molecule has 1 heterocycles. The van der Waals surface area contributed by atoms with Crippen LogP contribution in [-0.4, -0.2) is 31.2 Å². The minimum Gasteiger partial charge on any atom is -0.390 e. The lowest BCUT2D eigenvalue weighted by Gasteiger charge is -2.16. The minimum atomic E-state index is -0.653. The van der Waals surface area contributed by atoms with Crippen molar-refractivity contribution >= 4 is 23.4 Å². The van der Waals surface area contributed by atoms with Crippen LogP contribution in [0.4, 0.5) is 0 Å². The molecule has 0 amide bonds. The number of rotatable bonds is 6. The van der Waals surface area contributed by atoms with E-state index in [-0.39, 0.29) is 0 Å². The van der Waals surface area contributed by atoms with Gasteiger partial charge in [0.05, 0.1) is 5.60 Å². The molecule has 0 bridgehead atoms. The van der Waals surface area contributed by atoms with Crippen molar-refractivity contribution in [3.8, 4) is 11.4 Å². The highest BCUT2D eigenvalue weighted by atomic mass is 35.5. The van der Waals surface area contributed by atoms with Crippen LogP contribution < -0.4 is 0 Å². The van der Waals surface area contributed by atoms with Crippen LogP contribution in [0.3, 0.4) is 0 Å². The van der Waals surface area contributed by atoms with Gasteiger partial charge in [0.2, 0.25) is 0 Å². The van der Waals surface area contributed by atoms with Crippen molar-refractivity contribution in [3.63, 3.8) is 0 Å². The summed E-state index contributed by atoms with van der Waals surface area (Å²) in [5, 5.41) is 19.9. The van der Waals surface area contributed by atoms with Gasteiger partial charge in [-0.15, -0.1) is 10.2 Å². The lowest BCUT2D eigenvalue weighted by atomic mass is 10.1. The van der Waals surface area contributed by atoms with Gasteiger partial charge in [-0.05, 0) is 39.3 Å². The van der Waals surface area contributed by atoms with Gasteiger partial charge in [0.1, 0.15) is 0 Å². The van der Waals surface area contributed by atoms with Gasteiger partial charge in [0.25, 0.3) is 0 Å². The average molecular weight is 326 g/mol. The van der Waals surface area contributed by atoms with E-state index < -0.39 is 5.60 Å². The van der Waals surface area contributed by atoms with Crippen molar-refractivity contribution in [2.45, 2.75) is 44.5 Å². The molecule has 0 spiro atoms. The Hall–Kier alpha value is -1.04. The van der Waals surface area contributed by atoms with Gasteiger partial charge < -0.3 is 9.67 Å². The maximum Gasteiger partial charge on any atom is 0.191 e. The smallest absolute Gasteiger partial charge is 0.191 e. The van der Waals surface area contributed by atoms with Crippen molar-refractivity contribution in [1.29, 1.82) is 0 Å². The molecule has 0 unspecified atom stereocenters. The predicted molar refractivity (Wildman–Crippen MR) is 87.8 cm³/mol. The number of aliphatic hydroxyl groups is 1. The Morgan fingerprint density at radius 1 is 1.33 bits per heavy atom. The molecule has 1 aromatic heterocycles. The zero-order chi connectivity index (χ0) is 15.5. The van der Waals surface area contributed by atoms with E-state index in [9.17, 15) is 5.11 Å². The number of hydrogen-bond acceptors (Lipinski definition) is 4. The van der Waals surface area contributed by atoms with Crippen LogP contribution in [-0.2, 0) is 6.54 Å². The van der Waals surface area contributed by atoms with E-state index in [1.807, 2.05) is 38.1 Å². The maximum absolute atomic E-state index is 9.77. The Morgan fingerprint density at radius 3 is 2.71 bits per heavy atom. The van der Waals surface area contributed by atoms with Crippen LogP contribution in [0.25, 0.3) is 11.4 Å². The third-order valence-corrected chi connectivity index (χ3v) is 4.26. The molecule has 0 saturated carbocycles. The summed E-state index contributed by atoms with van der Waals surface area (Å²) in [5.41, 5.74) is 0.311. The summed E-state index contributed by atoms with van der Waals surface area (Å²) >= 11 is 7.65. The Labute approximate surface area is 134 Å². The molecular formula is C15H20ClN3OS. The van der Waals surface area contributed by atoms with Crippen LogP contribution in [0, 0.1) is 0 Å². The first-order chi connectivity index (χ1) is 9.90. The normalized spacial score (nSPS) is 11.9. The van der Waals surface area contributed by atoms with Gasteiger partial charge >= 0.3 is 0 Å². The third kappa shape index (κ3) is 4.46. The first-order valence-electron chi connectivity index (χ1n) is 6.95. The van der Waals surface area contributed by atoms with Crippen LogP contribution in [0.15, 0.2) is 29.4 Å². The molecular weight excluding hydrogens is 306 g/mol. The summed E-state index contributed by atoms with van der Waals surface area (Å²) in [6, 6.07) is 7.63. The summed E-state index contributed by atoms with van der Waals surface area (Å²) in [5.74, 6) is 1.63. The van der Waals surface area contributed by atoms with Crippen LogP contribution >= 0.6 is 23.4 Å². The molecule has 0 aliphatic heterocycles. The fourth-order valence-corrected chi connectivity index (χ4v) is 3.36. The molecule has 2 aromatic rings. The van der Waals surface area contributed by atoms with Gasteiger partial charge in [-0.25, -0.2) is 0 Å². The van der Waals surface area contributed by atoms with E-state index in [0.29, 0.717) is 11.4 Å². The zero-order valence-corrected chi connectivity index (χ0v) is 14.1. The molecule has 4 nitrogen and oxygen atoms in total. The second kappa shape index (κ2) is 6.81. The second-order valence-corrected chi connectivity index (χ2v) is 6.97. The molecule has 1 aromatic carbocycles. The molecule has 0 saturated heterocycles. The number of benzene rings is 1. The number of thioether (sulfide) groups is 1. The van der Waals surface area contributed by atoms with Crippen molar-refractivity contribution in [3.05, 3.63) is 29.3 Å². The quantitative estimate of drug-likeness (QED) is 0.819. The van der Waals surface area contributed by atoms with E-state index in [2.05, 4.69) is 21.7 Å². The number of aromatic nitrogens is 3. The van der Waals surface area contributed by atoms with Gasteiger partial charge in [0, 0.05) is 22.9 Å². The highest BCUT2D eigenvalue weighted by Gasteiger charge is 2.16. The SMILES string of the molecule is CCn1c(SCCC(C)(C)O)nnc1-c1cccc(Cl)c1. The van der Waals surface area contributed by atoms with E-state index >= 15 is 0 Å². The van der Waals surface area contributed by atoms with Crippen molar-refractivity contribution in [2.75, 3.05) is 5.75 Å². The van der Waals surface area contributed by atoms with E-state index in [1.165, 1.54) is 0 Å². The van der Waals surface area contributed by atoms with Crippen LogP contribution in [0.2, 0.25) is 5.02 Å². The Bertz CT molecular complexity index is 607. The number of halogens is 1. The summed E-state index contributed by atoms with van der Waals surface area (Å²) in [6.07, 6.45) is 0.709. The summed E-state index contributed by atoms with van der Waals surface area (Å²) < 4.78 is 2.07. The molecule has 0 aliphatic rings. The molecule has 6 heteroatoms. The largest absolute Gasteiger partial charge is 0.390 e. The van der Waals surface area contributed by atoms with Crippen molar-refractivity contribution in [1.82, 2.24) is 14.8 Å². The molecule has 0 atom stereocenters. The van der Waals surface area contributed by atoms with Crippen LogP contribution in [0.5, 0.6) is 0 Å². The van der Waals surface area contributed by atoms with E-state index in [0.717, 1.165) is 28.8 Å². The summed E-state index contributed by atoms with van der Waals surface area (Å²) in [4.78, 5) is 0. The Balaban J connectivity index is 2.18. The molecule has 2 rings (SSSR count). The standard InChI is InChI=1S/C15H20ClN3OS/c1-4-19-13(11-6-5-7-12(16)10-11)17-18-14(19)21-9-8-15(2,3)20/h5-7,10,20H,4,8-9H2,1-3H3. The first kappa shape index (κ1) is 16.3. The van der Waals surface area contributed by atoms with Gasteiger partial charge in [-0.3, -0.25) is 0 Å². The predicted octanol–water partition coefficient (Wildman–Crippen LogP) is 3.87.